The molecule has 0 aliphatic rings. The van der Waals surface area contributed by atoms with E-state index in [1.165, 1.54) is 0 Å². The van der Waals surface area contributed by atoms with Crippen molar-refractivity contribution in [2.75, 3.05) is 42.0 Å². The highest BCUT2D eigenvalue weighted by atomic mass is 127. The average molecular weight is 495 g/mol. The maximum Gasteiger partial charge on any atom is 0.203 e. The van der Waals surface area contributed by atoms with E-state index in [9.17, 15) is 0 Å². The summed E-state index contributed by atoms with van der Waals surface area (Å²) >= 11 is 0. The molecule has 7 nitrogen and oxygen atoms in total. The monoisotopic (exact) mass is 495 g/mol. The molecule has 1 rings (SSSR count). The van der Waals surface area contributed by atoms with E-state index in [-0.39, 0.29) is 35.5 Å². The van der Waals surface area contributed by atoms with Gasteiger partial charge in [-0.25, -0.2) is 0 Å². The standard InChI is InChI=1S/C19H33N3O4.HI/c1-19(2,3)15(24-6)12-22-18(20-4)21-11-13-9-10-14(23-5)17(26-8)16(13)25-7;/h9-10,15H,11-12H2,1-8H3,(H2,20,21,22);1H. The first kappa shape index (κ1) is 25.6. The molecule has 0 saturated heterocycles. The zero-order valence-electron chi connectivity index (χ0n) is 17.6. The van der Waals surface area contributed by atoms with Crippen molar-refractivity contribution in [1.82, 2.24) is 10.6 Å². The van der Waals surface area contributed by atoms with Crippen molar-refractivity contribution in [1.29, 1.82) is 0 Å². The van der Waals surface area contributed by atoms with E-state index in [0.29, 0.717) is 36.3 Å². The van der Waals surface area contributed by atoms with Gasteiger partial charge < -0.3 is 29.6 Å². The Kier molecular flexibility index (Phi) is 11.5. The number of nitrogens with zero attached hydrogens (tertiary/aromatic N) is 1. The number of nitrogens with one attached hydrogen (secondary N) is 2. The van der Waals surface area contributed by atoms with E-state index < -0.39 is 0 Å². The first-order valence-corrected chi connectivity index (χ1v) is 8.57. The minimum atomic E-state index is 0. The van der Waals surface area contributed by atoms with E-state index >= 15 is 0 Å². The van der Waals surface area contributed by atoms with Crippen LogP contribution in [-0.4, -0.2) is 54.1 Å². The van der Waals surface area contributed by atoms with Gasteiger partial charge in [0, 0.05) is 32.8 Å². The van der Waals surface area contributed by atoms with Crippen LogP contribution in [0.15, 0.2) is 17.1 Å². The summed E-state index contributed by atoms with van der Waals surface area (Å²) in [6.45, 7) is 7.62. The summed E-state index contributed by atoms with van der Waals surface area (Å²) in [5.41, 5.74) is 0.972. The molecular formula is C19H34IN3O4. The zero-order chi connectivity index (χ0) is 19.7. The van der Waals surface area contributed by atoms with Gasteiger partial charge >= 0.3 is 0 Å². The molecule has 0 aliphatic heterocycles. The van der Waals surface area contributed by atoms with Crippen LogP contribution in [0.3, 0.4) is 0 Å². The lowest BCUT2D eigenvalue weighted by Gasteiger charge is -2.30. The van der Waals surface area contributed by atoms with Crippen molar-refractivity contribution in [3.8, 4) is 17.2 Å². The Labute approximate surface area is 180 Å². The van der Waals surface area contributed by atoms with E-state index in [1.54, 1.807) is 35.5 Å². The minimum absolute atomic E-state index is 0. The number of halogens is 1. The van der Waals surface area contributed by atoms with Crippen molar-refractivity contribution in [3.63, 3.8) is 0 Å². The van der Waals surface area contributed by atoms with Gasteiger partial charge in [-0.2, -0.15) is 0 Å². The maximum atomic E-state index is 5.57. The third-order valence-electron chi connectivity index (χ3n) is 4.16. The van der Waals surface area contributed by atoms with Crippen molar-refractivity contribution in [3.05, 3.63) is 17.7 Å². The number of aliphatic imine (C=N–C) groups is 1. The quantitative estimate of drug-likeness (QED) is 0.328. The van der Waals surface area contributed by atoms with Crippen LogP contribution in [0.5, 0.6) is 17.2 Å². The third-order valence-corrected chi connectivity index (χ3v) is 4.16. The normalized spacial score (nSPS) is 12.7. The van der Waals surface area contributed by atoms with Gasteiger partial charge in [-0.05, 0) is 17.5 Å². The third kappa shape index (κ3) is 7.25. The summed E-state index contributed by atoms with van der Waals surface area (Å²) in [7, 11) is 8.26. The fourth-order valence-electron chi connectivity index (χ4n) is 2.63. The molecule has 0 saturated carbocycles. The van der Waals surface area contributed by atoms with Gasteiger partial charge in [0.15, 0.2) is 17.5 Å². The number of hydrogen-bond acceptors (Lipinski definition) is 5. The van der Waals surface area contributed by atoms with Gasteiger partial charge in [-0.1, -0.05) is 20.8 Å². The predicted octanol–water partition coefficient (Wildman–Crippen LogP) is 3.06. The van der Waals surface area contributed by atoms with Crippen LogP contribution in [-0.2, 0) is 11.3 Å². The Bertz CT molecular complexity index is 603. The lowest BCUT2D eigenvalue weighted by atomic mass is 9.89. The highest BCUT2D eigenvalue weighted by molar-refractivity contribution is 14.0. The maximum absolute atomic E-state index is 5.57. The summed E-state index contributed by atoms with van der Waals surface area (Å²) in [4.78, 5) is 4.27. The summed E-state index contributed by atoms with van der Waals surface area (Å²) in [5.74, 6) is 2.53. The Morgan fingerprint density at radius 1 is 1.00 bits per heavy atom. The van der Waals surface area contributed by atoms with Crippen molar-refractivity contribution in [2.45, 2.75) is 33.4 Å². The molecule has 8 heteroatoms. The van der Waals surface area contributed by atoms with Gasteiger partial charge in [0.1, 0.15) is 0 Å². The summed E-state index contributed by atoms with van der Waals surface area (Å²) in [6, 6.07) is 3.79. The van der Waals surface area contributed by atoms with Crippen LogP contribution in [0.4, 0.5) is 0 Å². The van der Waals surface area contributed by atoms with E-state index in [4.69, 9.17) is 18.9 Å². The molecule has 0 amide bonds. The first-order chi connectivity index (χ1) is 12.3. The minimum Gasteiger partial charge on any atom is -0.493 e. The molecule has 2 N–H and O–H groups in total. The molecule has 0 bridgehead atoms. The number of guanidine groups is 1. The molecule has 1 unspecified atom stereocenters. The van der Waals surface area contributed by atoms with Crippen molar-refractivity contribution in [2.24, 2.45) is 10.4 Å². The second kappa shape index (κ2) is 12.1. The SMILES string of the molecule is CN=C(NCc1ccc(OC)c(OC)c1OC)NCC(OC)C(C)(C)C.I. The van der Waals surface area contributed by atoms with Gasteiger partial charge in [-0.15, -0.1) is 24.0 Å². The first-order valence-electron chi connectivity index (χ1n) is 8.57. The molecule has 0 aromatic heterocycles. The van der Waals surface area contributed by atoms with E-state index in [0.717, 1.165) is 5.56 Å². The Morgan fingerprint density at radius 2 is 1.63 bits per heavy atom. The zero-order valence-corrected chi connectivity index (χ0v) is 20.0. The molecule has 1 atom stereocenters. The number of hydrogen-bond donors (Lipinski definition) is 2. The van der Waals surface area contributed by atoms with E-state index in [1.807, 2.05) is 12.1 Å². The van der Waals surface area contributed by atoms with Crippen LogP contribution in [0.2, 0.25) is 0 Å². The molecule has 0 spiro atoms. The molecule has 1 aromatic rings. The predicted molar refractivity (Wildman–Crippen MR) is 120 cm³/mol. The average Bonchev–Trinajstić information content (AvgIpc) is 2.62. The number of ether oxygens (including phenoxy) is 4. The van der Waals surface area contributed by atoms with Gasteiger partial charge in [-0.3, -0.25) is 4.99 Å². The fraction of sp³-hybridized carbons (Fsp3) is 0.632. The largest absolute Gasteiger partial charge is 0.493 e. The number of rotatable bonds is 8. The van der Waals surface area contributed by atoms with Crippen LogP contribution in [0.25, 0.3) is 0 Å². The number of methoxy groups -OCH3 is 4. The topological polar surface area (TPSA) is 73.3 Å². The lowest BCUT2D eigenvalue weighted by molar-refractivity contribution is 0.0205. The van der Waals surface area contributed by atoms with Crippen molar-refractivity contribution < 1.29 is 18.9 Å². The van der Waals surface area contributed by atoms with Gasteiger partial charge in [0.25, 0.3) is 0 Å². The molecule has 27 heavy (non-hydrogen) atoms. The highest BCUT2D eigenvalue weighted by Crippen LogP contribution is 2.39. The fourth-order valence-corrected chi connectivity index (χ4v) is 2.63. The van der Waals surface area contributed by atoms with E-state index in [2.05, 4.69) is 36.4 Å². The van der Waals surface area contributed by atoms with Crippen LogP contribution in [0, 0.1) is 5.41 Å². The number of benzene rings is 1. The summed E-state index contributed by atoms with van der Waals surface area (Å²) < 4.78 is 21.8. The van der Waals surface area contributed by atoms with Crippen LogP contribution < -0.4 is 24.8 Å². The Balaban J connectivity index is 0.00000676. The van der Waals surface area contributed by atoms with Gasteiger partial charge in [0.2, 0.25) is 5.75 Å². The molecule has 0 fully saturated rings. The molecule has 156 valence electrons. The Hall–Kier alpha value is -1.42. The second-order valence-electron chi connectivity index (χ2n) is 6.89. The molecule has 0 aliphatic carbocycles. The lowest BCUT2D eigenvalue weighted by Crippen LogP contribution is -2.45. The van der Waals surface area contributed by atoms with Crippen LogP contribution >= 0.6 is 24.0 Å². The Morgan fingerprint density at radius 3 is 2.07 bits per heavy atom. The molecular weight excluding hydrogens is 461 g/mol. The van der Waals surface area contributed by atoms with Gasteiger partial charge in [0.05, 0.1) is 27.4 Å². The summed E-state index contributed by atoms with van der Waals surface area (Å²) in [5, 5.41) is 6.59. The van der Waals surface area contributed by atoms with Crippen molar-refractivity contribution >= 4 is 29.9 Å². The second-order valence-corrected chi connectivity index (χ2v) is 6.89. The highest BCUT2D eigenvalue weighted by Gasteiger charge is 2.24. The smallest absolute Gasteiger partial charge is 0.203 e. The summed E-state index contributed by atoms with van der Waals surface area (Å²) in [6.07, 6.45) is 0.0664. The van der Waals surface area contributed by atoms with Crippen LogP contribution in [0.1, 0.15) is 26.3 Å². The molecule has 0 heterocycles. The molecule has 0 radical (unpaired) electrons. The molecule has 1 aromatic carbocycles.